The summed E-state index contributed by atoms with van der Waals surface area (Å²) in [6.07, 6.45) is 6.16. The minimum atomic E-state index is -0.466. The largest absolute Gasteiger partial charge is 0.459 e. The average Bonchev–Trinajstić information content (AvgIpc) is 2.83. The lowest BCUT2D eigenvalue weighted by atomic mass is 10.1. The van der Waals surface area contributed by atoms with Crippen LogP contribution in [0.4, 0.5) is 0 Å². The van der Waals surface area contributed by atoms with Gasteiger partial charge in [-0.25, -0.2) is 0 Å². The molecule has 0 amide bonds. The van der Waals surface area contributed by atoms with Gasteiger partial charge in [0.2, 0.25) is 0 Å². The number of nitrogens with one attached hydrogen (secondary N) is 1. The molecular weight excluding hydrogens is 268 g/mol. The van der Waals surface area contributed by atoms with E-state index in [1.54, 1.807) is 0 Å². The Bertz CT molecular complexity index is 353. The number of esters is 1. The molecule has 1 saturated carbocycles. The minimum absolute atomic E-state index is 0.0903. The predicted molar refractivity (Wildman–Crippen MR) is 84.9 cm³/mol. The van der Waals surface area contributed by atoms with Crippen molar-refractivity contribution in [2.75, 3.05) is 6.54 Å². The Morgan fingerprint density at radius 2 is 1.95 bits per heavy atom. The van der Waals surface area contributed by atoms with Gasteiger partial charge < -0.3 is 21.5 Å². The third-order valence-corrected chi connectivity index (χ3v) is 3.43. The predicted octanol–water partition coefficient (Wildman–Crippen LogP) is 1.28. The molecule has 0 aromatic rings. The molecule has 1 aliphatic carbocycles. The Labute approximate surface area is 127 Å². The summed E-state index contributed by atoms with van der Waals surface area (Å²) in [6, 6.07) is 0.145. The highest BCUT2D eigenvalue weighted by atomic mass is 16.6. The number of rotatable bonds is 7. The van der Waals surface area contributed by atoms with Crippen LogP contribution in [0.2, 0.25) is 0 Å². The normalized spacial score (nSPS) is 17.5. The van der Waals surface area contributed by atoms with Crippen LogP contribution in [0, 0.1) is 0 Å². The molecule has 0 heterocycles. The zero-order chi connectivity index (χ0) is 15.9. The number of carbonyl (C=O) groups is 1. The smallest absolute Gasteiger partial charge is 0.323 e. The van der Waals surface area contributed by atoms with E-state index in [0.29, 0.717) is 19.0 Å². The van der Waals surface area contributed by atoms with Crippen LogP contribution in [0.3, 0.4) is 0 Å². The molecule has 5 N–H and O–H groups in total. The summed E-state index contributed by atoms with van der Waals surface area (Å²) in [5, 5.41) is 3.44. The number of nitrogens with two attached hydrogens (primary N) is 2. The third-order valence-electron chi connectivity index (χ3n) is 3.43. The van der Waals surface area contributed by atoms with Crippen molar-refractivity contribution in [3.8, 4) is 0 Å². The van der Waals surface area contributed by atoms with Gasteiger partial charge in [0.05, 0.1) is 0 Å². The molecule has 6 nitrogen and oxygen atoms in total. The van der Waals surface area contributed by atoms with Gasteiger partial charge in [-0.1, -0.05) is 12.8 Å². The quantitative estimate of drug-likeness (QED) is 0.284. The van der Waals surface area contributed by atoms with Crippen molar-refractivity contribution in [2.24, 2.45) is 16.5 Å². The number of guanidine groups is 1. The molecule has 0 aromatic heterocycles. The standard InChI is InChI=1S/C15H30N4O2/c1-15(2,3)21-13(20)12(9-6-10-18-14(16)17)19-11-7-4-5-8-11/h11-12,19H,4-10H2,1-3H3,(H4,16,17,18)/t12-/m0/s1. The van der Waals surface area contributed by atoms with Crippen molar-refractivity contribution in [3.63, 3.8) is 0 Å². The molecule has 21 heavy (non-hydrogen) atoms. The van der Waals surface area contributed by atoms with Gasteiger partial charge in [-0.15, -0.1) is 0 Å². The molecule has 1 fully saturated rings. The minimum Gasteiger partial charge on any atom is -0.459 e. The molecule has 0 aromatic carbocycles. The van der Waals surface area contributed by atoms with Gasteiger partial charge in [-0.05, 0) is 46.5 Å². The first-order valence-corrected chi connectivity index (χ1v) is 7.82. The molecule has 0 unspecified atom stereocenters. The second kappa shape index (κ2) is 8.22. The van der Waals surface area contributed by atoms with E-state index in [4.69, 9.17) is 16.2 Å². The number of hydrogen-bond donors (Lipinski definition) is 3. The molecule has 0 saturated heterocycles. The molecular formula is C15H30N4O2. The second-order valence-electron chi connectivity index (χ2n) is 6.68. The lowest BCUT2D eigenvalue weighted by Crippen LogP contribution is -2.45. The zero-order valence-corrected chi connectivity index (χ0v) is 13.5. The van der Waals surface area contributed by atoms with Crippen LogP contribution in [-0.2, 0) is 9.53 Å². The monoisotopic (exact) mass is 298 g/mol. The highest BCUT2D eigenvalue weighted by molar-refractivity contribution is 5.76. The van der Waals surface area contributed by atoms with Crippen LogP contribution in [0.25, 0.3) is 0 Å². The zero-order valence-electron chi connectivity index (χ0n) is 13.5. The van der Waals surface area contributed by atoms with E-state index in [9.17, 15) is 4.79 Å². The molecule has 1 atom stereocenters. The maximum absolute atomic E-state index is 12.3. The van der Waals surface area contributed by atoms with Crippen molar-refractivity contribution in [3.05, 3.63) is 0 Å². The molecule has 1 rings (SSSR count). The Morgan fingerprint density at radius 3 is 2.48 bits per heavy atom. The van der Waals surface area contributed by atoms with Crippen LogP contribution in [0.5, 0.6) is 0 Å². The van der Waals surface area contributed by atoms with Crippen LogP contribution < -0.4 is 16.8 Å². The van der Waals surface area contributed by atoms with E-state index in [1.807, 2.05) is 20.8 Å². The first-order chi connectivity index (χ1) is 9.78. The Morgan fingerprint density at radius 1 is 1.33 bits per heavy atom. The Kier molecular flexibility index (Phi) is 6.95. The summed E-state index contributed by atoms with van der Waals surface area (Å²) >= 11 is 0. The molecule has 1 aliphatic rings. The first-order valence-electron chi connectivity index (χ1n) is 7.82. The highest BCUT2D eigenvalue weighted by Gasteiger charge is 2.27. The van der Waals surface area contributed by atoms with Gasteiger partial charge >= 0.3 is 5.97 Å². The van der Waals surface area contributed by atoms with E-state index in [-0.39, 0.29) is 18.0 Å². The van der Waals surface area contributed by atoms with Crippen LogP contribution in [0.1, 0.15) is 59.3 Å². The molecule has 0 spiro atoms. The third kappa shape index (κ3) is 7.90. The SMILES string of the molecule is CC(C)(C)OC(=O)[C@H](CCCN=C(N)N)NC1CCCC1. The number of nitrogens with zero attached hydrogens (tertiary/aromatic N) is 1. The summed E-state index contributed by atoms with van der Waals surface area (Å²) in [7, 11) is 0. The lowest BCUT2D eigenvalue weighted by molar-refractivity contribution is -0.158. The summed E-state index contributed by atoms with van der Waals surface area (Å²) in [4.78, 5) is 16.3. The summed E-state index contributed by atoms with van der Waals surface area (Å²) in [6.45, 7) is 6.19. The van der Waals surface area contributed by atoms with E-state index >= 15 is 0 Å². The first kappa shape index (κ1) is 17.8. The number of aliphatic imine (C=N–C) groups is 1. The number of ether oxygens (including phenoxy) is 1. The van der Waals surface area contributed by atoms with Crippen molar-refractivity contribution in [1.82, 2.24) is 5.32 Å². The van der Waals surface area contributed by atoms with Crippen molar-refractivity contribution >= 4 is 11.9 Å². The molecule has 0 bridgehead atoms. The maximum atomic E-state index is 12.3. The highest BCUT2D eigenvalue weighted by Crippen LogP contribution is 2.20. The van der Waals surface area contributed by atoms with Crippen LogP contribution >= 0.6 is 0 Å². The van der Waals surface area contributed by atoms with Gasteiger partial charge in [0.15, 0.2) is 5.96 Å². The summed E-state index contributed by atoms with van der Waals surface area (Å²) in [5.41, 5.74) is 10.1. The fourth-order valence-electron chi connectivity index (χ4n) is 2.52. The fourth-order valence-corrected chi connectivity index (χ4v) is 2.52. The summed E-state index contributed by atoms with van der Waals surface area (Å²) < 4.78 is 5.50. The van der Waals surface area contributed by atoms with E-state index in [1.165, 1.54) is 12.8 Å². The van der Waals surface area contributed by atoms with E-state index < -0.39 is 5.60 Å². The number of hydrogen-bond acceptors (Lipinski definition) is 4. The van der Waals surface area contributed by atoms with Crippen molar-refractivity contribution in [1.29, 1.82) is 0 Å². The fraction of sp³-hybridized carbons (Fsp3) is 0.867. The molecule has 0 aliphatic heterocycles. The van der Waals surface area contributed by atoms with Crippen molar-refractivity contribution < 1.29 is 9.53 Å². The second-order valence-corrected chi connectivity index (χ2v) is 6.68. The Hall–Kier alpha value is -1.30. The molecule has 0 radical (unpaired) electrons. The van der Waals surface area contributed by atoms with Gasteiger partial charge in [0, 0.05) is 12.6 Å². The van der Waals surface area contributed by atoms with Gasteiger partial charge in [-0.3, -0.25) is 9.79 Å². The molecule has 6 heteroatoms. The van der Waals surface area contributed by atoms with Gasteiger partial charge in [0.25, 0.3) is 0 Å². The molecule has 122 valence electrons. The van der Waals surface area contributed by atoms with Gasteiger partial charge in [0.1, 0.15) is 11.6 Å². The lowest BCUT2D eigenvalue weighted by Gasteiger charge is -2.26. The topological polar surface area (TPSA) is 103 Å². The van der Waals surface area contributed by atoms with Crippen LogP contribution in [-0.4, -0.2) is 36.2 Å². The van der Waals surface area contributed by atoms with Gasteiger partial charge in [-0.2, -0.15) is 0 Å². The van der Waals surface area contributed by atoms with Crippen LogP contribution in [0.15, 0.2) is 4.99 Å². The Balaban J connectivity index is 2.51. The summed E-state index contributed by atoms with van der Waals surface area (Å²) in [5.74, 6) is -0.0910. The maximum Gasteiger partial charge on any atom is 0.323 e. The van der Waals surface area contributed by atoms with E-state index in [0.717, 1.165) is 19.3 Å². The van der Waals surface area contributed by atoms with Crippen molar-refractivity contribution in [2.45, 2.75) is 77.0 Å². The number of carbonyl (C=O) groups excluding carboxylic acids is 1. The van der Waals surface area contributed by atoms with E-state index in [2.05, 4.69) is 10.3 Å². The average molecular weight is 298 g/mol.